The lowest BCUT2D eigenvalue weighted by Gasteiger charge is -2.10. The highest BCUT2D eigenvalue weighted by Crippen LogP contribution is 2.26. The predicted octanol–water partition coefficient (Wildman–Crippen LogP) is 4.36. The van der Waals surface area contributed by atoms with E-state index in [0.29, 0.717) is 0 Å². The summed E-state index contributed by atoms with van der Waals surface area (Å²) in [6.07, 6.45) is 1.03. The molecule has 2 rings (SSSR count). The van der Waals surface area contributed by atoms with E-state index in [0.717, 1.165) is 12.0 Å². The Morgan fingerprint density at radius 2 is 1.69 bits per heavy atom. The minimum Gasteiger partial charge on any atom is -0.207 e. The van der Waals surface area contributed by atoms with Gasteiger partial charge in [-0.2, -0.15) is 0 Å². The van der Waals surface area contributed by atoms with Gasteiger partial charge in [-0.05, 0) is 47.7 Å². The Morgan fingerprint density at radius 3 is 2.31 bits per heavy atom. The van der Waals surface area contributed by atoms with Crippen LogP contribution in [0.2, 0.25) is 0 Å². The third kappa shape index (κ3) is 1.99. The number of rotatable bonds is 2. The molecule has 0 radical (unpaired) electrons. The van der Waals surface area contributed by atoms with E-state index in [1.807, 2.05) is 12.1 Å². The maximum atomic E-state index is 12.8. The molecule has 2 aromatic carbocycles. The first-order valence-electron chi connectivity index (χ1n) is 5.57. The molecule has 0 N–H and O–H groups in total. The van der Waals surface area contributed by atoms with Crippen molar-refractivity contribution in [2.45, 2.75) is 20.3 Å². The molecule has 0 saturated heterocycles. The van der Waals surface area contributed by atoms with E-state index < -0.39 is 0 Å². The quantitative estimate of drug-likeness (QED) is 0.696. The van der Waals surface area contributed by atoms with Gasteiger partial charge in [0.15, 0.2) is 0 Å². The molecule has 16 heavy (non-hydrogen) atoms. The van der Waals surface area contributed by atoms with Crippen LogP contribution in [0.15, 0.2) is 42.5 Å². The Kier molecular flexibility index (Phi) is 3.04. The largest absolute Gasteiger partial charge is 0.207 e. The van der Waals surface area contributed by atoms with E-state index in [9.17, 15) is 4.39 Å². The molecule has 0 heterocycles. The third-order valence-electron chi connectivity index (χ3n) is 2.98. The summed E-state index contributed by atoms with van der Waals surface area (Å²) in [5, 5.41) is 0. The molecule has 2 aromatic rings. The van der Waals surface area contributed by atoms with Crippen LogP contribution < -0.4 is 0 Å². The van der Waals surface area contributed by atoms with E-state index in [2.05, 4.69) is 32.0 Å². The van der Waals surface area contributed by atoms with Crippen LogP contribution in [0.3, 0.4) is 0 Å². The molecule has 0 aliphatic heterocycles. The molecule has 0 spiro atoms. The standard InChI is InChI=1S/C15H15F/c1-3-12-5-4-6-15(11(12)2)13-7-9-14(16)10-8-13/h4-10H,3H2,1-2H3. The van der Waals surface area contributed by atoms with Crippen LogP contribution in [-0.4, -0.2) is 0 Å². The molecule has 0 atom stereocenters. The van der Waals surface area contributed by atoms with Gasteiger partial charge in [-0.3, -0.25) is 0 Å². The summed E-state index contributed by atoms with van der Waals surface area (Å²) < 4.78 is 12.8. The Hall–Kier alpha value is -1.63. The zero-order chi connectivity index (χ0) is 11.5. The van der Waals surface area contributed by atoms with E-state index in [1.165, 1.54) is 28.8 Å². The molecule has 1 heteroatoms. The minimum absolute atomic E-state index is 0.187. The van der Waals surface area contributed by atoms with Crippen molar-refractivity contribution < 1.29 is 4.39 Å². The van der Waals surface area contributed by atoms with Crippen LogP contribution in [0.5, 0.6) is 0 Å². The number of halogens is 1. The Balaban J connectivity index is 2.51. The number of benzene rings is 2. The first-order chi connectivity index (χ1) is 7.72. The van der Waals surface area contributed by atoms with Gasteiger partial charge in [0.05, 0.1) is 0 Å². The first-order valence-corrected chi connectivity index (χ1v) is 5.57. The lowest BCUT2D eigenvalue weighted by Crippen LogP contribution is -1.90. The average Bonchev–Trinajstić information content (AvgIpc) is 2.31. The summed E-state index contributed by atoms with van der Waals surface area (Å²) in [5.74, 6) is -0.187. The first kappa shape index (κ1) is 10.9. The van der Waals surface area contributed by atoms with Crippen molar-refractivity contribution >= 4 is 0 Å². The van der Waals surface area contributed by atoms with Crippen molar-refractivity contribution in [1.29, 1.82) is 0 Å². The Morgan fingerprint density at radius 1 is 1.00 bits per heavy atom. The molecule has 0 unspecified atom stereocenters. The summed E-state index contributed by atoms with van der Waals surface area (Å²) in [4.78, 5) is 0. The van der Waals surface area contributed by atoms with Gasteiger partial charge in [0.2, 0.25) is 0 Å². The van der Waals surface area contributed by atoms with E-state index in [1.54, 1.807) is 0 Å². The van der Waals surface area contributed by atoms with Crippen molar-refractivity contribution in [2.75, 3.05) is 0 Å². The second kappa shape index (κ2) is 4.48. The fourth-order valence-corrected chi connectivity index (χ4v) is 2.01. The van der Waals surface area contributed by atoms with Gasteiger partial charge in [-0.15, -0.1) is 0 Å². The van der Waals surface area contributed by atoms with Gasteiger partial charge in [0.1, 0.15) is 5.82 Å². The van der Waals surface area contributed by atoms with Gasteiger partial charge in [0.25, 0.3) is 0 Å². The molecular weight excluding hydrogens is 199 g/mol. The topological polar surface area (TPSA) is 0 Å². The predicted molar refractivity (Wildman–Crippen MR) is 66.0 cm³/mol. The maximum absolute atomic E-state index is 12.8. The van der Waals surface area contributed by atoms with E-state index in [-0.39, 0.29) is 5.82 Å². The highest BCUT2D eigenvalue weighted by molar-refractivity contribution is 5.68. The van der Waals surface area contributed by atoms with Gasteiger partial charge < -0.3 is 0 Å². The average molecular weight is 214 g/mol. The van der Waals surface area contributed by atoms with Gasteiger partial charge in [-0.25, -0.2) is 4.39 Å². The maximum Gasteiger partial charge on any atom is 0.123 e. The monoisotopic (exact) mass is 214 g/mol. The molecule has 82 valence electrons. The number of aryl methyl sites for hydroxylation is 1. The highest BCUT2D eigenvalue weighted by atomic mass is 19.1. The zero-order valence-corrected chi connectivity index (χ0v) is 9.63. The summed E-state index contributed by atoms with van der Waals surface area (Å²) in [5.41, 5.74) is 4.91. The fraction of sp³-hybridized carbons (Fsp3) is 0.200. The second-order valence-electron chi connectivity index (χ2n) is 3.95. The minimum atomic E-state index is -0.187. The normalized spacial score (nSPS) is 10.4. The number of hydrogen-bond acceptors (Lipinski definition) is 0. The molecule has 0 bridgehead atoms. The summed E-state index contributed by atoms with van der Waals surface area (Å²) in [6, 6.07) is 13.0. The summed E-state index contributed by atoms with van der Waals surface area (Å²) in [6.45, 7) is 4.27. The van der Waals surface area contributed by atoms with Gasteiger partial charge in [0, 0.05) is 0 Å². The van der Waals surface area contributed by atoms with Crippen LogP contribution in [0.25, 0.3) is 11.1 Å². The molecule has 0 nitrogen and oxygen atoms in total. The number of hydrogen-bond donors (Lipinski definition) is 0. The molecule has 0 saturated carbocycles. The van der Waals surface area contributed by atoms with Crippen LogP contribution in [0.1, 0.15) is 18.1 Å². The van der Waals surface area contributed by atoms with Gasteiger partial charge >= 0.3 is 0 Å². The molecule has 0 amide bonds. The summed E-state index contributed by atoms with van der Waals surface area (Å²) >= 11 is 0. The Labute approximate surface area is 95.7 Å². The SMILES string of the molecule is CCc1cccc(-c2ccc(F)cc2)c1C. The van der Waals surface area contributed by atoms with Crippen LogP contribution in [-0.2, 0) is 6.42 Å². The Bertz CT molecular complexity index is 483. The molecule has 0 fully saturated rings. The van der Waals surface area contributed by atoms with Gasteiger partial charge in [-0.1, -0.05) is 37.3 Å². The lowest BCUT2D eigenvalue weighted by molar-refractivity contribution is 0.628. The highest BCUT2D eigenvalue weighted by Gasteiger charge is 2.04. The molecule has 0 aliphatic carbocycles. The molecular formula is C15H15F. The summed E-state index contributed by atoms with van der Waals surface area (Å²) in [7, 11) is 0. The van der Waals surface area contributed by atoms with Crippen molar-refractivity contribution in [3.05, 3.63) is 59.4 Å². The molecule has 0 aromatic heterocycles. The van der Waals surface area contributed by atoms with Crippen molar-refractivity contribution in [2.24, 2.45) is 0 Å². The van der Waals surface area contributed by atoms with E-state index in [4.69, 9.17) is 0 Å². The zero-order valence-electron chi connectivity index (χ0n) is 9.63. The fourth-order valence-electron chi connectivity index (χ4n) is 2.01. The lowest BCUT2D eigenvalue weighted by atomic mass is 9.95. The van der Waals surface area contributed by atoms with Crippen LogP contribution in [0.4, 0.5) is 4.39 Å². The van der Waals surface area contributed by atoms with E-state index >= 15 is 0 Å². The smallest absolute Gasteiger partial charge is 0.123 e. The van der Waals surface area contributed by atoms with Crippen LogP contribution >= 0.6 is 0 Å². The second-order valence-corrected chi connectivity index (χ2v) is 3.95. The third-order valence-corrected chi connectivity index (χ3v) is 2.98. The van der Waals surface area contributed by atoms with Crippen LogP contribution in [0, 0.1) is 12.7 Å². The van der Waals surface area contributed by atoms with Crippen molar-refractivity contribution in [3.8, 4) is 11.1 Å². The molecule has 0 aliphatic rings. The van der Waals surface area contributed by atoms with Crippen molar-refractivity contribution in [3.63, 3.8) is 0 Å². The van der Waals surface area contributed by atoms with Crippen molar-refractivity contribution in [1.82, 2.24) is 0 Å².